The van der Waals surface area contributed by atoms with E-state index >= 15 is 0 Å². The molecule has 0 amide bonds. The van der Waals surface area contributed by atoms with E-state index in [0.717, 1.165) is 38.2 Å². The molecule has 0 radical (unpaired) electrons. The Bertz CT molecular complexity index is 973. The van der Waals surface area contributed by atoms with Crippen molar-refractivity contribution in [3.8, 4) is 0 Å². The van der Waals surface area contributed by atoms with Crippen molar-refractivity contribution < 1.29 is 13.6 Å². The average Bonchev–Trinajstić information content (AvgIpc) is 2.99. The van der Waals surface area contributed by atoms with E-state index in [9.17, 15) is 13.6 Å². The van der Waals surface area contributed by atoms with Gasteiger partial charge in [0.1, 0.15) is 0 Å². The summed E-state index contributed by atoms with van der Waals surface area (Å²) in [6.45, 7) is 4.23. The van der Waals surface area contributed by atoms with Gasteiger partial charge in [-0.3, -0.25) is 0 Å². The van der Waals surface area contributed by atoms with E-state index < -0.39 is 11.6 Å². The molecule has 2 heterocycles. The Labute approximate surface area is 150 Å². The molecule has 0 fully saturated rings. The molecule has 25 heavy (non-hydrogen) atoms. The van der Waals surface area contributed by atoms with Crippen LogP contribution in [-0.2, 0) is 5.41 Å². The number of anilines is 3. The fraction of sp³-hybridized carbons (Fsp3) is 0.150. The molecule has 1 aliphatic heterocycles. The molecule has 1 aliphatic rings. The molecular formula is C20H15F2NOSe. The summed E-state index contributed by atoms with van der Waals surface area (Å²) in [7, 11) is 0. The fourth-order valence-corrected chi connectivity index (χ4v) is 5.90. The summed E-state index contributed by atoms with van der Waals surface area (Å²) in [5, 5.41) is 0. The molecule has 0 atom stereocenters. The quantitative estimate of drug-likeness (QED) is 0.447. The average molecular weight is 402 g/mol. The van der Waals surface area contributed by atoms with Crippen molar-refractivity contribution in [2.45, 2.75) is 19.3 Å². The van der Waals surface area contributed by atoms with Crippen LogP contribution in [0.3, 0.4) is 0 Å². The molecule has 2 aromatic carbocycles. The zero-order chi connectivity index (χ0) is 17.8. The number of carbonyl (C=O) groups excluding carboxylic acids is 1. The van der Waals surface area contributed by atoms with Gasteiger partial charge in [0.05, 0.1) is 0 Å². The molecule has 1 aromatic heterocycles. The fourth-order valence-electron chi connectivity index (χ4n) is 3.45. The zero-order valence-corrected chi connectivity index (χ0v) is 15.4. The van der Waals surface area contributed by atoms with Crippen LogP contribution in [0.25, 0.3) is 0 Å². The number of para-hydroxylation sites is 1. The van der Waals surface area contributed by atoms with Crippen molar-refractivity contribution in [2.75, 3.05) is 4.90 Å². The Kier molecular flexibility index (Phi) is 3.67. The monoisotopic (exact) mass is 403 g/mol. The molecule has 126 valence electrons. The van der Waals surface area contributed by atoms with E-state index in [1.54, 1.807) is 0 Å². The van der Waals surface area contributed by atoms with Gasteiger partial charge in [-0.25, -0.2) is 0 Å². The summed E-state index contributed by atoms with van der Waals surface area (Å²) in [4.78, 5) is 13.3. The minimum absolute atomic E-state index is 0.204. The second-order valence-corrected chi connectivity index (χ2v) is 8.82. The molecule has 0 aliphatic carbocycles. The van der Waals surface area contributed by atoms with Crippen molar-refractivity contribution in [3.05, 3.63) is 75.7 Å². The maximum absolute atomic E-state index is 13.9. The molecule has 0 saturated carbocycles. The standard InChI is InChI=1S/C20H15F2NOSe/c1-20(2)16-5-3-4-6-18(16)23(14-8-12(21)7-13(22)9-14)19-17(20)10-15(11-24)25-19/h3-11H,1-2H3. The summed E-state index contributed by atoms with van der Waals surface area (Å²) in [6, 6.07) is 13.3. The number of halogens is 2. The van der Waals surface area contributed by atoms with Crippen molar-refractivity contribution in [2.24, 2.45) is 0 Å². The topological polar surface area (TPSA) is 20.3 Å². The van der Waals surface area contributed by atoms with E-state index in [4.69, 9.17) is 0 Å². The van der Waals surface area contributed by atoms with E-state index in [1.165, 1.54) is 12.1 Å². The third-order valence-corrected chi connectivity index (χ3v) is 6.84. The molecule has 4 rings (SSSR count). The first-order valence-corrected chi connectivity index (χ1v) is 9.58. The Morgan fingerprint density at radius 1 is 1.00 bits per heavy atom. The van der Waals surface area contributed by atoms with Crippen LogP contribution in [0.5, 0.6) is 0 Å². The molecule has 0 unspecified atom stereocenters. The normalized spacial score (nSPS) is 14.8. The maximum atomic E-state index is 13.9. The SMILES string of the molecule is CC1(C)c2ccccc2N(c2cc(F)cc(F)c2)c2[se]c(C=O)cc21. The van der Waals surface area contributed by atoms with E-state index in [0.29, 0.717) is 5.69 Å². The first kappa shape index (κ1) is 16.2. The summed E-state index contributed by atoms with van der Waals surface area (Å²) in [5.74, 6) is -1.23. The van der Waals surface area contributed by atoms with E-state index in [2.05, 4.69) is 13.8 Å². The second-order valence-electron chi connectivity index (χ2n) is 6.59. The summed E-state index contributed by atoms with van der Waals surface area (Å²) in [6.07, 6.45) is 0.878. The third kappa shape index (κ3) is 2.46. The molecule has 0 N–H and O–H groups in total. The first-order valence-electron chi connectivity index (χ1n) is 7.87. The van der Waals surface area contributed by atoms with Crippen LogP contribution in [0.2, 0.25) is 0 Å². The van der Waals surface area contributed by atoms with Gasteiger partial charge in [0, 0.05) is 0 Å². The van der Waals surface area contributed by atoms with Gasteiger partial charge >= 0.3 is 150 Å². The summed E-state index contributed by atoms with van der Waals surface area (Å²) in [5.41, 5.74) is 3.17. The molecule has 2 nitrogen and oxygen atoms in total. The molecule has 3 aromatic rings. The van der Waals surface area contributed by atoms with E-state index in [1.807, 2.05) is 35.2 Å². The van der Waals surface area contributed by atoms with Gasteiger partial charge in [0.2, 0.25) is 0 Å². The van der Waals surface area contributed by atoms with Crippen molar-refractivity contribution in [1.29, 1.82) is 0 Å². The van der Waals surface area contributed by atoms with Crippen LogP contribution in [0.4, 0.5) is 24.7 Å². The Balaban J connectivity index is 2.05. The van der Waals surface area contributed by atoms with Crippen LogP contribution in [-0.4, -0.2) is 20.8 Å². The Morgan fingerprint density at radius 2 is 1.68 bits per heavy atom. The van der Waals surface area contributed by atoms with Crippen molar-refractivity contribution in [1.82, 2.24) is 0 Å². The zero-order valence-electron chi connectivity index (χ0n) is 13.7. The molecule has 0 spiro atoms. The van der Waals surface area contributed by atoms with Crippen LogP contribution in [0.1, 0.15) is 34.2 Å². The molecule has 0 bridgehead atoms. The van der Waals surface area contributed by atoms with Gasteiger partial charge in [0.25, 0.3) is 0 Å². The van der Waals surface area contributed by atoms with Gasteiger partial charge in [-0.1, -0.05) is 0 Å². The number of nitrogens with zero attached hydrogens (tertiary/aromatic N) is 1. The number of rotatable bonds is 2. The van der Waals surface area contributed by atoms with Gasteiger partial charge in [-0.05, 0) is 0 Å². The molecular weight excluding hydrogens is 387 g/mol. The van der Waals surface area contributed by atoms with Crippen molar-refractivity contribution >= 4 is 36.7 Å². The van der Waals surface area contributed by atoms with Crippen LogP contribution in [0, 0.1) is 11.6 Å². The second kappa shape index (κ2) is 5.65. The van der Waals surface area contributed by atoms with Gasteiger partial charge < -0.3 is 0 Å². The number of fused-ring (bicyclic) bond motifs is 2. The van der Waals surface area contributed by atoms with Gasteiger partial charge in [-0.15, -0.1) is 0 Å². The molecule has 5 heteroatoms. The first-order chi connectivity index (χ1) is 11.9. The van der Waals surface area contributed by atoms with Crippen LogP contribution < -0.4 is 4.90 Å². The summed E-state index contributed by atoms with van der Waals surface area (Å²) < 4.78 is 29.4. The van der Waals surface area contributed by atoms with Crippen LogP contribution in [0.15, 0.2) is 48.5 Å². The molecule has 0 saturated heterocycles. The minimum atomic E-state index is -0.617. The number of benzene rings is 2. The number of hydrogen-bond acceptors (Lipinski definition) is 2. The number of hydrogen-bond donors (Lipinski definition) is 0. The van der Waals surface area contributed by atoms with Crippen LogP contribution >= 0.6 is 0 Å². The predicted octanol–water partition coefficient (Wildman–Crippen LogP) is 4.94. The third-order valence-electron chi connectivity index (χ3n) is 4.65. The van der Waals surface area contributed by atoms with Gasteiger partial charge in [-0.2, -0.15) is 0 Å². The predicted molar refractivity (Wildman–Crippen MR) is 95.5 cm³/mol. The van der Waals surface area contributed by atoms with E-state index in [-0.39, 0.29) is 19.9 Å². The van der Waals surface area contributed by atoms with Crippen molar-refractivity contribution in [3.63, 3.8) is 0 Å². The Morgan fingerprint density at radius 3 is 2.36 bits per heavy atom. The number of carbonyl (C=O) groups is 1. The summed E-state index contributed by atoms with van der Waals surface area (Å²) >= 11 is -0.204. The Hall–Kier alpha value is -2.23. The van der Waals surface area contributed by atoms with Gasteiger partial charge in [0.15, 0.2) is 0 Å². The number of aldehydes is 1.